The zero-order valence-corrected chi connectivity index (χ0v) is 16.1. The lowest BCUT2D eigenvalue weighted by atomic mass is 9.91. The van der Waals surface area contributed by atoms with Crippen molar-refractivity contribution >= 4 is 17.9 Å². The maximum atomic E-state index is 13.0. The van der Waals surface area contributed by atoms with Crippen LogP contribution in [0.1, 0.15) is 43.5 Å². The summed E-state index contributed by atoms with van der Waals surface area (Å²) in [5, 5.41) is 3.03. The van der Waals surface area contributed by atoms with Gasteiger partial charge in [-0.15, -0.1) is 0 Å². The third-order valence-corrected chi connectivity index (χ3v) is 4.53. The van der Waals surface area contributed by atoms with Crippen molar-refractivity contribution in [3.63, 3.8) is 0 Å². The topological polar surface area (TPSA) is 49.4 Å². The lowest BCUT2D eigenvalue weighted by molar-refractivity contribution is -0.138. The fourth-order valence-corrected chi connectivity index (χ4v) is 3.35. The Kier molecular flexibility index (Phi) is 5.45. The Morgan fingerprint density at radius 2 is 1.70 bits per heavy atom. The molecular weight excluding hydrogens is 336 g/mol. The minimum absolute atomic E-state index is 0.142. The third kappa shape index (κ3) is 4.64. The Morgan fingerprint density at radius 3 is 2.41 bits per heavy atom. The van der Waals surface area contributed by atoms with Crippen LogP contribution in [0.4, 0.5) is 0 Å². The molecule has 27 heavy (non-hydrogen) atoms. The molecule has 0 saturated heterocycles. The molecular formula is C23H26N2O2. The fraction of sp³-hybridized carbons (Fsp3) is 0.304. The van der Waals surface area contributed by atoms with Crippen LogP contribution in [0.2, 0.25) is 0 Å². The number of fused-ring (bicyclic) bond motifs is 1. The van der Waals surface area contributed by atoms with E-state index in [-0.39, 0.29) is 17.4 Å². The van der Waals surface area contributed by atoms with E-state index in [0.717, 1.165) is 23.1 Å². The second-order valence-corrected chi connectivity index (χ2v) is 7.87. The van der Waals surface area contributed by atoms with Crippen LogP contribution in [0.25, 0.3) is 6.08 Å². The summed E-state index contributed by atoms with van der Waals surface area (Å²) in [4.78, 5) is 27.6. The van der Waals surface area contributed by atoms with Crippen LogP contribution < -0.4 is 5.32 Å². The van der Waals surface area contributed by atoms with Gasteiger partial charge in [0.05, 0.1) is 0 Å². The molecule has 1 atom stereocenters. The molecule has 4 nitrogen and oxygen atoms in total. The van der Waals surface area contributed by atoms with Gasteiger partial charge < -0.3 is 10.2 Å². The van der Waals surface area contributed by atoms with Crippen LogP contribution >= 0.6 is 0 Å². The molecule has 4 heteroatoms. The summed E-state index contributed by atoms with van der Waals surface area (Å²) < 4.78 is 0. The van der Waals surface area contributed by atoms with E-state index in [1.54, 1.807) is 17.1 Å². The van der Waals surface area contributed by atoms with Gasteiger partial charge in [-0.1, -0.05) is 54.6 Å². The lowest BCUT2D eigenvalue weighted by Crippen LogP contribution is -2.51. The molecule has 0 radical (unpaired) electrons. The number of benzene rings is 2. The zero-order valence-electron chi connectivity index (χ0n) is 16.1. The van der Waals surface area contributed by atoms with E-state index in [4.69, 9.17) is 0 Å². The Morgan fingerprint density at radius 1 is 1.04 bits per heavy atom. The van der Waals surface area contributed by atoms with Crippen molar-refractivity contribution < 1.29 is 9.59 Å². The SMILES string of the molecule is CC(C)(C)NC(=O)C1c2ccccc2CCN1C(=O)/C=C/c1ccccc1. The first-order valence-electron chi connectivity index (χ1n) is 9.29. The van der Waals surface area contributed by atoms with Crippen molar-refractivity contribution in [3.05, 3.63) is 77.4 Å². The van der Waals surface area contributed by atoms with E-state index in [1.807, 2.05) is 75.4 Å². The minimum Gasteiger partial charge on any atom is -0.349 e. The summed E-state index contributed by atoms with van der Waals surface area (Å²) in [6.45, 7) is 6.36. The monoisotopic (exact) mass is 362 g/mol. The first-order valence-corrected chi connectivity index (χ1v) is 9.29. The minimum atomic E-state index is -0.609. The number of carbonyl (C=O) groups excluding carboxylic acids is 2. The molecule has 2 aromatic carbocycles. The highest BCUT2D eigenvalue weighted by molar-refractivity contribution is 5.96. The summed E-state index contributed by atoms with van der Waals surface area (Å²) in [5.74, 6) is -0.293. The molecule has 140 valence electrons. The van der Waals surface area contributed by atoms with Gasteiger partial charge in [-0.3, -0.25) is 9.59 Å². The van der Waals surface area contributed by atoms with E-state index in [2.05, 4.69) is 5.32 Å². The van der Waals surface area contributed by atoms with Crippen molar-refractivity contribution in [3.8, 4) is 0 Å². The van der Waals surface area contributed by atoms with Gasteiger partial charge in [0, 0.05) is 18.2 Å². The predicted molar refractivity (Wildman–Crippen MR) is 108 cm³/mol. The van der Waals surface area contributed by atoms with Crippen molar-refractivity contribution in [2.24, 2.45) is 0 Å². The predicted octanol–water partition coefficient (Wildman–Crippen LogP) is 3.74. The first kappa shape index (κ1) is 18.9. The Bertz CT molecular complexity index is 850. The Labute approximate surface area is 160 Å². The van der Waals surface area contributed by atoms with Crippen LogP contribution in [-0.4, -0.2) is 28.8 Å². The molecule has 0 saturated carbocycles. The van der Waals surface area contributed by atoms with E-state index >= 15 is 0 Å². The molecule has 1 unspecified atom stereocenters. The van der Waals surface area contributed by atoms with Gasteiger partial charge in [-0.2, -0.15) is 0 Å². The summed E-state index contributed by atoms with van der Waals surface area (Å²) >= 11 is 0. The van der Waals surface area contributed by atoms with Crippen LogP contribution in [0, 0.1) is 0 Å². The molecule has 1 heterocycles. The normalized spacial score (nSPS) is 16.9. The number of amides is 2. The summed E-state index contributed by atoms with van der Waals surface area (Å²) in [5.41, 5.74) is 2.63. The van der Waals surface area contributed by atoms with Gasteiger partial charge in [0.1, 0.15) is 6.04 Å². The number of hydrogen-bond donors (Lipinski definition) is 1. The second-order valence-electron chi connectivity index (χ2n) is 7.87. The highest BCUT2D eigenvalue weighted by Gasteiger charge is 2.36. The van der Waals surface area contributed by atoms with Gasteiger partial charge in [0.25, 0.3) is 0 Å². The number of hydrogen-bond acceptors (Lipinski definition) is 2. The van der Waals surface area contributed by atoms with Gasteiger partial charge in [0.15, 0.2) is 0 Å². The Hall–Kier alpha value is -2.88. The molecule has 0 aromatic heterocycles. The molecule has 0 bridgehead atoms. The van der Waals surface area contributed by atoms with Crippen molar-refractivity contribution in [2.45, 2.75) is 38.8 Å². The molecule has 0 aliphatic carbocycles. The fourth-order valence-electron chi connectivity index (χ4n) is 3.35. The summed E-state index contributed by atoms with van der Waals surface area (Å²) in [6, 6.07) is 17.0. The lowest BCUT2D eigenvalue weighted by Gasteiger charge is -2.37. The number of rotatable bonds is 3. The first-order chi connectivity index (χ1) is 12.8. The van der Waals surface area contributed by atoms with Gasteiger partial charge in [-0.05, 0) is 50.0 Å². The third-order valence-electron chi connectivity index (χ3n) is 4.53. The van der Waals surface area contributed by atoms with E-state index in [9.17, 15) is 9.59 Å². The summed E-state index contributed by atoms with van der Waals surface area (Å²) in [6.07, 6.45) is 4.10. The van der Waals surface area contributed by atoms with Gasteiger partial charge in [-0.25, -0.2) is 0 Å². The van der Waals surface area contributed by atoms with Crippen LogP contribution in [0.3, 0.4) is 0 Å². The Balaban J connectivity index is 1.89. The highest BCUT2D eigenvalue weighted by atomic mass is 16.2. The molecule has 2 amide bonds. The standard InChI is InChI=1S/C23H26N2O2/c1-23(2,3)24-22(27)21-19-12-8-7-11-18(19)15-16-25(21)20(26)14-13-17-9-5-4-6-10-17/h4-14,21H,15-16H2,1-3H3,(H,24,27)/b14-13+. The maximum absolute atomic E-state index is 13.0. The molecule has 0 fully saturated rings. The molecule has 3 rings (SSSR count). The highest BCUT2D eigenvalue weighted by Crippen LogP contribution is 2.30. The summed E-state index contributed by atoms with van der Waals surface area (Å²) in [7, 11) is 0. The average Bonchev–Trinajstić information content (AvgIpc) is 2.64. The van der Waals surface area contributed by atoms with Gasteiger partial charge >= 0.3 is 0 Å². The molecule has 2 aromatic rings. The smallest absolute Gasteiger partial charge is 0.247 e. The van der Waals surface area contributed by atoms with Crippen molar-refractivity contribution in [2.75, 3.05) is 6.54 Å². The average molecular weight is 362 g/mol. The maximum Gasteiger partial charge on any atom is 0.247 e. The molecule has 0 spiro atoms. The number of carbonyl (C=O) groups is 2. The van der Waals surface area contributed by atoms with Crippen LogP contribution in [-0.2, 0) is 16.0 Å². The number of nitrogens with zero attached hydrogens (tertiary/aromatic N) is 1. The van der Waals surface area contributed by atoms with E-state index in [0.29, 0.717) is 6.54 Å². The van der Waals surface area contributed by atoms with Crippen LogP contribution in [0.5, 0.6) is 0 Å². The van der Waals surface area contributed by atoms with Crippen molar-refractivity contribution in [1.82, 2.24) is 10.2 Å². The van der Waals surface area contributed by atoms with E-state index < -0.39 is 6.04 Å². The van der Waals surface area contributed by atoms with E-state index in [1.165, 1.54) is 0 Å². The zero-order chi connectivity index (χ0) is 19.4. The number of nitrogens with one attached hydrogen (secondary N) is 1. The van der Waals surface area contributed by atoms with Gasteiger partial charge in [0.2, 0.25) is 11.8 Å². The van der Waals surface area contributed by atoms with Crippen molar-refractivity contribution in [1.29, 1.82) is 0 Å². The molecule has 1 N–H and O–H groups in total. The quantitative estimate of drug-likeness (QED) is 0.846. The molecule has 1 aliphatic rings. The largest absolute Gasteiger partial charge is 0.349 e. The second kappa shape index (κ2) is 7.78. The van der Waals surface area contributed by atoms with Crippen LogP contribution in [0.15, 0.2) is 60.7 Å². The molecule has 1 aliphatic heterocycles.